The third-order valence-corrected chi connectivity index (χ3v) is 2.08. The summed E-state index contributed by atoms with van der Waals surface area (Å²) in [6.07, 6.45) is 1.64. The molecule has 0 fully saturated rings. The van der Waals surface area contributed by atoms with E-state index in [1.54, 1.807) is 6.07 Å². The maximum absolute atomic E-state index is 10.8. The molecule has 0 atom stereocenters. The fourth-order valence-corrected chi connectivity index (χ4v) is 1.40. The van der Waals surface area contributed by atoms with E-state index in [-0.39, 0.29) is 11.1 Å². The SMILES string of the molecule is CCCc1ccc(C(=O)O)c(C(=O)O)c1. The number of aryl methyl sites for hydroxylation is 1. The molecule has 4 nitrogen and oxygen atoms in total. The van der Waals surface area contributed by atoms with Crippen molar-refractivity contribution in [3.8, 4) is 0 Å². The molecule has 0 saturated heterocycles. The monoisotopic (exact) mass is 208 g/mol. The van der Waals surface area contributed by atoms with Gasteiger partial charge in [-0.05, 0) is 24.1 Å². The number of hydrogen-bond acceptors (Lipinski definition) is 2. The Morgan fingerprint density at radius 1 is 1.13 bits per heavy atom. The summed E-state index contributed by atoms with van der Waals surface area (Å²) in [5.41, 5.74) is 0.538. The molecule has 0 spiro atoms. The Morgan fingerprint density at radius 3 is 2.20 bits per heavy atom. The number of carboxylic acid groups (broad SMARTS) is 2. The molecule has 0 amide bonds. The van der Waals surface area contributed by atoms with Gasteiger partial charge in [0.15, 0.2) is 0 Å². The second-order valence-electron chi connectivity index (χ2n) is 3.24. The van der Waals surface area contributed by atoms with Crippen molar-refractivity contribution in [3.05, 3.63) is 34.9 Å². The highest BCUT2D eigenvalue weighted by Gasteiger charge is 2.15. The molecule has 0 saturated carbocycles. The van der Waals surface area contributed by atoms with Gasteiger partial charge in [-0.25, -0.2) is 9.59 Å². The summed E-state index contributed by atoms with van der Waals surface area (Å²) in [7, 11) is 0. The summed E-state index contributed by atoms with van der Waals surface area (Å²) in [4.78, 5) is 21.6. The molecule has 80 valence electrons. The van der Waals surface area contributed by atoms with Crippen molar-refractivity contribution in [2.75, 3.05) is 0 Å². The van der Waals surface area contributed by atoms with Crippen LogP contribution in [0.2, 0.25) is 0 Å². The standard InChI is InChI=1S/C11H12O4/c1-2-3-7-4-5-8(10(12)13)9(6-7)11(14)15/h4-6H,2-3H2,1H3,(H,12,13)(H,14,15). The van der Waals surface area contributed by atoms with Gasteiger partial charge >= 0.3 is 11.9 Å². The predicted octanol–water partition coefficient (Wildman–Crippen LogP) is 2.04. The van der Waals surface area contributed by atoms with Gasteiger partial charge in [0.25, 0.3) is 0 Å². The number of aromatic carboxylic acids is 2. The van der Waals surface area contributed by atoms with Crippen LogP contribution in [0.4, 0.5) is 0 Å². The summed E-state index contributed by atoms with van der Waals surface area (Å²) < 4.78 is 0. The number of carboxylic acids is 2. The molecule has 0 aliphatic heterocycles. The first-order valence-corrected chi connectivity index (χ1v) is 4.65. The maximum Gasteiger partial charge on any atom is 0.336 e. The first-order chi connectivity index (χ1) is 7.06. The Labute approximate surface area is 87.2 Å². The summed E-state index contributed by atoms with van der Waals surface area (Å²) in [6.45, 7) is 1.98. The van der Waals surface area contributed by atoms with Gasteiger partial charge in [-0.2, -0.15) is 0 Å². The zero-order valence-electron chi connectivity index (χ0n) is 8.36. The molecule has 0 bridgehead atoms. The van der Waals surface area contributed by atoms with E-state index in [4.69, 9.17) is 10.2 Å². The quantitative estimate of drug-likeness (QED) is 0.793. The fourth-order valence-electron chi connectivity index (χ4n) is 1.40. The second kappa shape index (κ2) is 4.59. The molecule has 0 unspecified atom stereocenters. The van der Waals surface area contributed by atoms with Crippen LogP contribution >= 0.6 is 0 Å². The van der Waals surface area contributed by atoms with Gasteiger partial charge in [0.05, 0.1) is 11.1 Å². The van der Waals surface area contributed by atoms with Crippen molar-refractivity contribution in [2.45, 2.75) is 19.8 Å². The highest BCUT2D eigenvalue weighted by Crippen LogP contribution is 2.13. The van der Waals surface area contributed by atoms with Gasteiger partial charge in [-0.3, -0.25) is 0 Å². The Bertz CT molecular complexity index is 396. The van der Waals surface area contributed by atoms with Crippen LogP contribution in [0.5, 0.6) is 0 Å². The van der Waals surface area contributed by atoms with Gasteiger partial charge < -0.3 is 10.2 Å². The van der Waals surface area contributed by atoms with Gasteiger partial charge in [-0.15, -0.1) is 0 Å². The molecule has 2 N–H and O–H groups in total. The van der Waals surface area contributed by atoms with E-state index in [1.165, 1.54) is 12.1 Å². The van der Waals surface area contributed by atoms with Crippen molar-refractivity contribution in [2.24, 2.45) is 0 Å². The molecular weight excluding hydrogens is 196 g/mol. The van der Waals surface area contributed by atoms with E-state index in [2.05, 4.69) is 0 Å². The van der Waals surface area contributed by atoms with Crippen LogP contribution < -0.4 is 0 Å². The van der Waals surface area contributed by atoms with Crippen LogP contribution in [0, 0.1) is 0 Å². The average molecular weight is 208 g/mol. The fraction of sp³-hybridized carbons (Fsp3) is 0.273. The molecule has 0 radical (unpaired) electrons. The van der Waals surface area contributed by atoms with Crippen LogP contribution in [-0.4, -0.2) is 22.2 Å². The summed E-state index contributed by atoms with van der Waals surface area (Å²) in [5, 5.41) is 17.6. The summed E-state index contributed by atoms with van der Waals surface area (Å²) in [5.74, 6) is -2.42. The first kappa shape index (κ1) is 11.2. The van der Waals surface area contributed by atoms with Crippen molar-refractivity contribution in [1.82, 2.24) is 0 Å². The maximum atomic E-state index is 10.8. The zero-order valence-corrected chi connectivity index (χ0v) is 8.36. The lowest BCUT2D eigenvalue weighted by molar-refractivity contribution is 0.0651. The average Bonchev–Trinajstić information content (AvgIpc) is 2.17. The molecule has 0 aliphatic rings. The van der Waals surface area contributed by atoms with Crippen molar-refractivity contribution < 1.29 is 19.8 Å². The third kappa shape index (κ3) is 2.56. The van der Waals surface area contributed by atoms with Gasteiger partial charge in [0.2, 0.25) is 0 Å². The highest BCUT2D eigenvalue weighted by atomic mass is 16.4. The van der Waals surface area contributed by atoms with Crippen molar-refractivity contribution >= 4 is 11.9 Å². The van der Waals surface area contributed by atoms with Crippen molar-refractivity contribution in [1.29, 1.82) is 0 Å². The van der Waals surface area contributed by atoms with Gasteiger partial charge in [0.1, 0.15) is 0 Å². The summed E-state index contributed by atoms with van der Waals surface area (Å²) >= 11 is 0. The normalized spacial score (nSPS) is 9.93. The third-order valence-electron chi connectivity index (χ3n) is 2.08. The van der Waals surface area contributed by atoms with Crippen LogP contribution in [0.15, 0.2) is 18.2 Å². The minimum absolute atomic E-state index is 0.145. The largest absolute Gasteiger partial charge is 0.478 e. The number of benzene rings is 1. The first-order valence-electron chi connectivity index (χ1n) is 4.65. The van der Waals surface area contributed by atoms with E-state index in [1.807, 2.05) is 6.92 Å². The lowest BCUT2D eigenvalue weighted by atomic mass is 10.0. The molecule has 4 heteroatoms. The Hall–Kier alpha value is -1.84. The van der Waals surface area contributed by atoms with Crippen LogP contribution in [0.25, 0.3) is 0 Å². The molecular formula is C11H12O4. The molecule has 0 aliphatic carbocycles. The van der Waals surface area contributed by atoms with E-state index in [0.717, 1.165) is 18.4 Å². The van der Waals surface area contributed by atoms with E-state index < -0.39 is 11.9 Å². The Balaban J connectivity index is 3.21. The zero-order chi connectivity index (χ0) is 11.4. The molecule has 0 heterocycles. The second-order valence-corrected chi connectivity index (χ2v) is 3.24. The minimum atomic E-state index is -1.21. The van der Waals surface area contributed by atoms with Gasteiger partial charge in [-0.1, -0.05) is 19.4 Å². The smallest absolute Gasteiger partial charge is 0.336 e. The topological polar surface area (TPSA) is 74.6 Å². The molecule has 0 aromatic heterocycles. The molecule has 1 rings (SSSR count). The lowest BCUT2D eigenvalue weighted by Crippen LogP contribution is -2.08. The molecule has 1 aromatic rings. The van der Waals surface area contributed by atoms with E-state index >= 15 is 0 Å². The Morgan fingerprint density at radius 2 is 1.73 bits per heavy atom. The van der Waals surface area contributed by atoms with Crippen LogP contribution in [0.1, 0.15) is 39.6 Å². The predicted molar refractivity (Wildman–Crippen MR) is 54.4 cm³/mol. The van der Waals surface area contributed by atoms with Gasteiger partial charge in [0, 0.05) is 0 Å². The molecule has 1 aromatic carbocycles. The van der Waals surface area contributed by atoms with Crippen LogP contribution in [-0.2, 0) is 6.42 Å². The lowest BCUT2D eigenvalue weighted by Gasteiger charge is -2.04. The Kier molecular flexibility index (Phi) is 3.44. The number of carbonyl (C=O) groups is 2. The highest BCUT2D eigenvalue weighted by molar-refractivity contribution is 6.01. The van der Waals surface area contributed by atoms with E-state index in [9.17, 15) is 9.59 Å². The minimum Gasteiger partial charge on any atom is -0.478 e. The number of hydrogen-bond donors (Lipinski definition) is 2. The van der Waals surface area contributed by atoms with E-state index in [0.29, 0.717) is 0 Å². The van der Waals surface area contributed by atoms with Crippen LogP contribution in [0.3, 0.4) is 0 Å². The summed E-state index contributed by atoms with van der Waals surface area (Å²) in [6, 6.07) is 4.42. The van der Waals surface area contributed by atoms with Crippen molar-refractivity contribution in [3.63, 3.8) is 0 Å². The number of rotatable bonds is 4. The molecule has 15 heavy (non-hydrogen) atoms.